The van der Waals surface area contributed by atoms with Crippen LogP contribution >= 0.6 is 27.5 Å². The smallest absolute Gasteiger partial charge is 0.252 e. The number of amides is 1. The van der Waals surface area contributed by atoms with Crippen LogP contribution in [0.4, 0.5) is 0 Å². The maximum Gasteiger partial charge on any atom is 0.252 e. The molecule has 1 aromatic carbocycles. The topological polar surface area (TPSA) is 38.3 Å². The first-order valence-electron chi connectivity index (χ1n) is 6.15. The summed E-state index contributed by atoms with van der Waals surface area (Å²) in [5, 5.41) is 3.66. The SMILES string of the molecule is COC1CC(NC(=O)c2ccc(Cl)cc2Br)C1(C)C. The molecular weight excluding hydrogens is 330 g/mol. The molecule has 1 fully saturated rings. The van der Waals surface area contributed by atoms with Crippen LogP contribution < -0.4 is 5.32 Å². The summed E-state index contributed by atoms with van der Waals surface area (Å²) in [6.45, 7) is 4.21. The number of hydrogen-bond donors (Lipinski definition) is 1. The Morgan fingerprint density at radius 1 is 1.53 bits per heavy atom. The second kappa shape index (κ2) is 5.43. The summed E-state index contributed by atoms with van der Waals surface area (Å²) < 4.78 is 6.09. The Bertz CT molecular complexity index is 504. The minimum Gasteiger partial charge on any atom is -0.381 e. The molecule has 1 aliphatic rings. The van der Waals surface area contributed by atoms with Gasteiger partial charge in [0, 0.05) is 28.1 Å². The van der Waals surface area contributed by atoms with E-state index in [4.69, 9.17) is 16.3 Å². The number of nitrogens with one attached hydrogen (secondary N) is 1. The minimum atomic E-state index is -0.0869. The van der Waals surface area contributed by atoms with Crippen molar-refractivity contribution in [2.75, 3.05) is 7.11 Å². The van der Waals surface area contributed by atoms with Crippen molar-refractivity contribution in [2.24, 2.45) is 5.41 Å². The van der Waals surface area contributed by atoms with E-state index < -0.39 is 0 Å². The third kappa shape index (κ3) is 2.81. The molecule has 1 aromatic rings. The Morgan fingerprint density at radius 3 is 2.74 bits per heavy atom. The minimum absolute atomic E-state index is 0.0384. The van der Waals surface area contributed by atoms with Crippen molar-refractivity contribution in [1.82, 2.24) is 5.32 Å². The number of rotatable bonds is 3. The summed E-state index contributed by atoms with van der Waals surface area (Å²) in [6.07, 6.45) is 1.05. The van der Waals surface area contributed by atoms with Crippen LogP contribution in [0.2, 0.25) is 5.02 Å². The molecule has 0 heterocycles. The Hall–Kier alpha value is -0.580. The highest BCUT2D eigenvalue weighted by molar-refractivity contribution is 9.10. The molecule has 0 spiro atoms. The van der Waals surface area contributed by atoms with Crippen molar-refractivity contribution in [2.45, 2.75) is 32.4 Å². The molecule has 0 saturated heterocycles. The summed E-state index contributed by atoms with van der Waals surface area (Å²) in [7, 11) is 1.71. The number of methoxy groups -OCH3 is 1. The van der Waals surface area contributed by atoms with Gasteiger partial charge in [0.25, 0.3) is 5.91 Å². The van der Waals surface area contributed by atoms with E-state index in [1.54, 1.807) is 25.3 Å². The Balaban J connectivity index is 2.07. The van der Waals surface area contributed by atoms with E-state index in [0.717, 1.165) is 6.42 Å². The first-order valence-corrected chi connectivity index (χ1v) is 7.32. The monoisotopic (exact) mass is 345 g/mol. The molecule has 2 rings (SSSR count). The third-order valence-corrected chi connectivity index (χ3v) is 4.83. The summed E-state index contributed by atoms with van der Waals surface area (Å²) in [6, 6.07) is 5.29. The quantitative estimate of drug-likeness (QED) is 0.907. The van der Waals surface area contributed by atoms with Crippen LogP contribution in [0.25, 0.3) is 0 Å². The Labute approximate surface area is 126 Å². The molecule has 0 aromatic heterocycles. The highest BCUT2D eigenvalue weighted by Gasteiger charge is 2.49. The maximum atomic E-state index is 12.2. The first kappa shape index (κ1) is 14.8. The van der Waals surface area contributed by atoms with Gasteiger partial charge in [-0.05, 0) is 40.5 Å². The fraction of sp³-hybridized carbons (Fsp3) is 0.500. The fourth-order valence-electron chi connectivity index (χ4n) is 2.44. The normalized spacial score (nSPS) is 24.7. The van der Waals surface area contributed by atoms with E-state index in [1.807, 2.05) is 0 Å². The van der Waals surface area contributed by atoms with Gasteiger partial charge in [-0.15, -0.1) is 0 Å². The predicted octanol–water partition coefficient (Wildman–Crippen LogP) is 3.65. The second-order valence-corrected chi connectivity index (χ2v) is 6.72. The lowest BCUT2D eigenvalue weighted by molar-refractivity contribution is -0.0942. The van der Waals surface area contributed by atoms with E-state index in [1.165, 1.54) is 0 Å². The van der Waals surface area contributed by atoms with Gasteiger partial charge in [0.2, 0.25) is 0 Å². The molecule has 1 N–H and O–H groups in total. The first-order chi connectivity index (χ1) is 8.86. The highest BCUT2D eigenvalue weighted by Crippen LogP contribution is 2.42. The largest absolute Gasteiger partial charge is 0.381 e. The number of carbonyl (C=O) groups excluding carboxylic acids is 1. The summed E-state index contributed by atoms with van der Waals surface area (Å²) in [4.78, 5) is 12.2. The lowest BCUT2D eigenvalue weighted by Gasteiger charge is -2.51. The highest BCUT2D eigenvalue weighted by atomic mass is 79.9. The van der Waals surface area contributed by atoms with Gasteiger partial charge in [-0.3, -0.25) is 4.79 Å². The molecule has 5 heteroatoms. The van der Waals surface area contributed by atoms with Crippen LogP contribution in [-0.4, -0.2) is 25.2 Å². The molecule has 0 aliphatic heterocycles. The van der Waals surface area contributed by atoms with E-state index in [-0.39, 0.29) is 23.5 Å². The van der Waals surface area contributed by atoms with Crippen LogP contribution in [0.15, 0.2) is 22.7 Å². The van der Waals surface area contributed by atoms with Crippen molar-refractivity contribution in [3.8, 4) is 0 Å². The van der Waals surface area contributed by atoms with Gasteiger partial charge in [0.15, 0.2) is 0 Å². The van der Waals surface area contributed by atoms with Gasteiger partial charge in [0.05, 0.1) is 11.7 Å². The molecule has 3 nitrogen and oxygen atoms in total. The summed E-state index contributed by atoms with van der Waals surface area (Å²) in [5.74, 6) is -0.0869. The zero-order chi connectivity index (χ0) is 14.2. The van der Waals surface area contributed by atoms with Gasteiger partial charge in [-0.25, -0.2) is 0 Å². The molecule has 19 heavy (non-hydrogen) atoms. The van der Waals surface area contributed by atoms with E-state index in [0.29, 0.717) is 15.1 Å². The summed E-state index contributed by atoms with van der Waals surface area (Å²) >= 11 is 9.23. The van der Waals surface area contributed by atoms with Crippen molar-refractivity contribution >= 4 is 33.4 Å². The van der Waals surface area contributed by atoms with Crippen LogP contribution in [0.5, 0.6) is 0 Å². The third-order valence-electron chi connectivity index (χ3n) is 3.94. The molecule has 0 bridgehead atoms. The molecule has 2 atom stereocenters. The molecule has 104 valence electrons. The van der Waals surface area contributed by atoms with E-state index >= 15 is 0 Å². The van der Waals surface area contributed by atoms with Crippen LogP contribution in [0, 0.1) is 5.41 Å². The zero-order valence-corrected chi connectivity index (χ0v) is 13.5. The molecule has 1 amide bonds. The number of hydrogen-bond acceptors (Lipinski definition) is 2. The summed E-state index contributed by atoms with van der Waals surface area (Å²) in [5.41, 5.74) is 0.560. The fourth-order valence-corrected chi connectivity index (χ4v) is 3.30. The van der Waals surface area contributed by atoms with Gasteiger partial charge < -0.3 is 10.1 Å². The average Bonchev–Trinajstić information content (AvgIpc) is 2.33. The van der Waals surface area contributed by atoms with Gasteiger partial charge in [-0.2, -0.15) is 0 Å². The van der Waals surface area contributed by atoms with Gasteiger partial charge in [0.1, 0.15) is 0 Å². The Morgan fingerprint density at radius 2 is 2.21 bits per heavy atom. The Kier molecular flexibility index (Phi) is 4.23. The molecule has 1 saturated carbocycles. The second-order valence-electron chi connectivity index (χ2n) is 5.43. The van der Waals surface area contributed by atoms with Crippen LogP contribution in [0.1, 0.15) is 30.6 Å². The zero-order valence-electron chi connectivity index (χ0n) is 11.2. The number of benzene rings is 1. The van der Waals surface area contributed by atoms with E-state index in [2.05, 4.69) is 35.1 Å². The lowest BCUT2D eigenvalue weighted by atomic mass is 9.64. The average molecular weight is 347 g/mol. The van der Waals surface area contributed by atoms with Crippen molar-refractivity contribution in [3.05, 3.63) is 33.3 Å². The lowest BCUT2D eigenvalue weighted by Crippen LogP contribution is -2.61. The molecular formula is C14H17BrClNO2. The maximum absolute atomic E-state index is 12.2. The standard InChI is InChI=1S/C14H17BrClNO2/c1-14(2)11(7-12(14)19-3)17-13(18)9-5-4-8(16)6-10(9)15/h4-6,11-12H,7H2,1-3H3,(H,17,18). The van der Waals surface area contributed by atoms with Gasteiger partial charge >= 0.3 is 0 Å². The number of ether oxygens (including phenoxy) is 1. The van der Waals surface area contributed by atoms with E-state index in [9.17, 15) is 4.79 Å². The molecule has 0 radical (unpaired) electrons. The van der Waals surface area contributed by atoms with Crippen molar-refractivity contribution < 1.29 is 9.53 Å². The van der Waals surface area contributed by atoms with Crippen molar-refractivity contribution in [3.63, 3.8) is 0 Å². The molecule has 2 unspecified atom stereocenters. The van der Waals surface area contributed by atoms with Crippen LogP contribution in [-0.2, 0) is 4.74 Å². The molecule has 1 aliphatic carbocycles. The van der Waals surface area contributed by atoms with Crippen LogP contribution in [0.3, 0.4) is 0 Å². The van der Waals surface area contributed by atoms with Gasteiger partial charge in [-0.1, -0.05) is 25.4 Å². The number of carbonyl (C=O) groups is 1. The predicted molar refractivity (Wildman–Crippen MR) is 79.6 cm³/mol. The van der Waals surface area contributed by atoms with Crippen molar-refractivity contribution in [1.29, 1.82) is 0 Å². The number of halogens is 2.